The number of alkyl halides is 6. The van der Waals surface area contributed by atoms with Gasteiger partial charge in [-0.1, -0.05) is 75.1 Å². The SMILES string of the molecule is CCCCCCCCCCNc1ccc(Cl)cc1C(F)(F)F.O=C=Nc1ccc(Cl)cc1C(F)(F)F. The fraction of sp³-hybridized carbons (Fsp3) is 0.480. The fourth-order valence-corrected chi connectivity index (χ4v) is 3.61. The summed E-state index contributed by atoms with van der Waals surface area (Å²) >= 11 is 11.0. The second-order valence-corrected chi connectivity index (χ2v) is 8.82. The third-order valence-electron chi connectivity index (χ3n) is 5.06. The number of nitrogens with one attached hydrogen (secondary N) is 1. The standard InChI is InChI=1S/C17H25ClF3N.C8H3ClF3NO/c1-2-3-4-5-6-7-8-9-12-22-16-11-10-14(18)13-15(16)17(19,20)21;9-5-1-2-7(13-4-14)6(3-5)8(10,11)12/h10-11,13,22H,2-9,12H2,1H3;1-3H. The van der Waals surface area contributed by atoms with Gasteiger partial charge in [0, 0.05) is 22.3 Å². The number of rotatable bonds is 11. The number of benzene rings is 2. The van der Waals surface area contributed by atoms with Crippen LogP contribution in [0.2, 0.25) is 10.0 Å². The number of anilines is 1. The van der Waals surface area contributed by atoms with Crippen molar-refractivity contribution in [1.82, 2.24) is 0 Å². The first-order chi connectivity index (χ1) is 16.9. The lowest BCUT2D eigenvalue weighted by Crippen LogP contribution is -2.11. The summed E-state index contributed by atoms with van der Waals surface area (Å²) in [6.45, 7) is 2.75. The van der Waals surface area contributed by atoms with Gasteiger partial charge in [-0.25, -0.2) is 4.79 Å². The van der Waals surface area contributed by atoms with E-state index in [4.69, 9.17) is 23.2 Å². The maximum absolute atomic E-state index is 12.9. The molecule has 2 aromatic rings. The van der Waals surface area contributed by atoms with Crippen LogP contribution in [-0.2, 0) is 17.1 Å². The minimum Gasteiger partial charge on any atom is -0.385 e. The van der Waals surface area contributed by atoms with Gasteiger partial charge in [0.15, 0.2) is 0 Å². The van der Waals surface area contributed by atoms with Gasteiger partial charge in [-0.2, -0.15) is 31.3 Å². The molecule has 0 amide bonds. The Hall–Kier alpha value is -2.22. The number of hydrogen-bond acceptors (Lipinski definition) is 3. The highest BCUT2D eigenvalue weighted by Crippen LogP contribution is 2.38. The highest BCUT2D eigenvalue weighted by atomic mass is 35.5. The number of isocyanates is 1. The van der Waals surface area contributed by atoms with Crippen molar-refractivity contribution < 1.29 is 31.1 Å². The molecule has 0 saturated heterocycles. The van der Waals surface area contributed by atoms with Crippen molar-refractivity contribution in [2.75, 3.05) is 11.9 Å². The summed E-state index contributed by atoms with van der Waals surface area (Å²) in [6.07, 6.45) is 1.46. The number of nitrogens with zero attached hydrogens (tertiary/aromatic N) is 1. The van der Waals surface area contributed by atoms with Crippen LogP contribution in [0.25, 0.3) is 0 Å². The smallest absolute Gasteiger partial charge is 0.385 e. The van der Waals surface area contributed by atoms with Crippen LogP contribution in [0.4, 0.5) is 37.7 Å². The molecule has 0 aliphatic heterocycles. The molecule has 0 aliphatic rings. The summed E-state index contributed by atoms with van der Waals surface area (Å²) in [5, 5.41) is 2.91. The second-order valence-electron chi connectivity index (χ2n) is 7.95. The van der Waals surface area contributed by atoms with Gasteiger partial charge in [-0.3, -0.25) is 0 Å². The zero-order chi connectivity index (χ0) is 27.2. The van der Waals surface area contributed by atoms with E-state index in [-0.39, 0.29) is 15.7 Å². The molecular formula is C25H28Cl2F6N2O. The van der Waals surface area contributed by atoms with E-state index in [0.29, 0.717) is 12.6 Å². The Morgan fingerprint density at radius 1 is 0.778 bits per heavy atom. The van der Waals surface area contributed by atoms with Crippen LogP contribution in [0.5, 0.6) is 0 Å². The van der Waals surface area contributed by atoms with Crippen molar-refractivity contribution >= 4 is 40.7 Å². The maximum Gasteiger partial charge on any atom is 0.418 e. The van der Waals surface area contributed by atoms with Gasteiger partial charge in [0.05, 0.1) is 16.8 Å². The van der Waals surface area contributed by atoms with E-state index in [9.17, 15) is 31.1 Å². The average molecular weight is 557 g/mol. The predicted molar refractivity (Wildman–Crippen MR) is 132 cm³/mol. The van der Waals surface area contributed by atoms with Crippen molar-refractivity contribution in [2.24, 2.45) is 4.99 Å². The van der Waals surface area contributed by atoms with Crippen LogP contribution < -0.4 is 5.32 Å². The Labute approximate surface area is 216 Å². The molecule has 0 fully saturated rings. The van der Waals surface area contributed by atoms with Crippen molar-refractivity contribution in [3.63, 3.8) is 0 Å². The minimum absolute atomic E-state index is 0.0674. The van der Waals surface area contributed by atoms with Crippen LogP contribution in [0.1, 0.15) is 69.4 Å². The first-order valence-corrected chi connectivity index (χ1v) is 12.2. The average Bonchev–Trinajstić information content (AvgIpc) is 2.79. The number of carbonyl (C=O) groups excluding carboxylic acids is 1. The Balaban J connectivity index is 0.000000397. The maximum atomic E-state index is 12.9. The molecule has 0 atom stereocenters. The number of halogens is 8. The van der Waals surface area contributed by atoms with E-state index < -0.39 is 29.2 Å². The van der Waals surface area contributed by atoms with E-state index in [1.54, 1.807) is 0 Å². The predicted octanol–water partition coefficient (Wildman–Crippen LogP) is 10.2. The van der Waals surface area contributed by atoms with Gasteiger partial charge < -0.3 is 5.32 Å². The molecule has 36 heavy (non-hydrogen) atoms. The van der Waals surface area contributed by atoms with Crippen molar-refractivity contribution in [2.45, 2.75) is 70.6 Å². The van der Waals surface area contributed by atoms with Crippen LogP contribution in [-0.4, -0.2) is 12.6 Å². The quantitative estimate of drug-likeness (QED) is 0.129. The van der Waals surface area contributed by atoms with Crippen LogP contribution in [0.15, 0.2) is 41.4 Å². The lowest BCUT2D eigenvalue weighted by atomic mass is 10.1. The van der Waals surface area contributed by atoms with Gasteiger partial charge in [-0.15, -0.1) is 0 Å². The van der Waals surface area contributed by atoms with Crippen molar-refractivity contribution in [3.05, 3.63) is 57.6 Å². The van der Waals surface area contributed by atoms with E-state index in [1.807, 2.05) is 0 Å². The Kier molecular flexibility index (Phi) is 14.0. The van der Waals surface area contributed by atoms with Crippen LogP contribution >= 0.6 is 23.2 Å². The molecule has 0 heterocycles. The molecule has 0 spiro atoms. The summed E-state index contributed by atoms with van der Waals surface area (Å²) in [6, 6.07) is 6.78. The lowest BCUT2D eigenvalue weighted by molar-refractivity contribution is -0.137. The van der Waals surface area contributed by atoms with Gasteiger partial charge in [0.2, 0.25) is 6.08 Å². The Morgan fingerprint density at radius 3 is 1.81 bits per heavy atom. The van der Waals surface area contributed by atoms with Gasteiger partial charge in [0.1, 0.15) is 0 Å². The van der Waals surface area contributed by atoms with Crippen molar-refractivity contribution in [3.8, 4) is 0 Å². The van der Waals surface area contributed by atoms with Gasteiger partial charge >= 0.3 is 12.4 Å². The summed E-state index contributed by atoms with van der Waals surface area (Å²) < 4.78 is 75.6. The third-order valence-corrected chi connectivity index (χ3v) is 5.53. The molecule has 200 valence electrons. The molecule has 3 nitrogen and oxygen atoms in total. The first kappa shape index (κ1) is 31.8. The van der Waals surface area contributed by atoms with E-state index in [1.165, 1.54) is 50.3 Å². The van der Waals surface area contributed by atoms with E-state index in [2.05, 4.69) is 17.2 Å². The van der Waals surface area contributed by atoms with Gasteiger partial charge in [-0.05, 0) is 42.8 Å². The summed E-state index contributed by atoms with van der Waals surface area (Å²) in [7, 11) is 0. The van der Waals surface area contributed by atoms with Crippen LogP contribution in [0, 0.1) is 0 Å². The minimum atomic E-state index is -4.58. The Bertz CT molecular complexity index is 989. The summed E-state index contributed by atoms with van der Waals surface area (Å²) in [5.74, 6) is 0. The number of hydrogen-bond donors (Lipinski definition) is 1. The lowest BCUT2D eigenvalue weighted by Gasteiger charge is -2.14. The van der Waals surface area contributed by atoms with E-state index in [0.717, 1.165) is 37.5 Å². The molecular weight excluding hydrogens is 529 g/mol. The van der Waals surface area contributed by atoms with Crippen LogP contribution in [0.3, 0.4) is 0 Å². The molecule has 0 radical (unpaired) electrons. The Morgan fingerprint density at radius 2 is 1.28 bits per heavy atom. The van der Waals surface area contributed by atoms with Crippen molar-refractivity contribution in [1.29, 1.82) is 0 Å². The zero-order valence-corrected chi connectivity index (χ0v) is 21.2. The molecule has 11 heteroatoms. The fourth-order valence-electron chi connectivity index (χ4n) is 3.27. The van der Waals surface area contributed by atoms with E-state index >= 15 is 0 Å². The second kappa shape index (κ2) is 15.8. The zero-order valence-electron chi connectivity index (χ0n) is 19.7. The molecule has 0 bridgehead atoms. The first-order valence-electron chi connectivity index (χ1n) is 11.4. The number of unbranched alkanes of at least 4 members (excludes halogenated alkanes) is 7. The summed E-state index contributed by atoms with van der Waals surface area (Å²) in [5.41, 5.74) is -2.12. The molecule has 2 aromatic carbocycles. The highest BCUT2D eigenvalue weighted by molar-refractivity contribution is 6.31. The third kappa shape index (κ3) is 12.2. The normalized spacial score (nSPS) is 11.4. The molecule has 0 unspecified atom stereocenters. The molecule has 2 rings (SSSR count). The largest absolute Gasteiger partial charge is 0.418 e. The number of aliphatic imine (C=N–C) groups is 1. The molecule has 0 aromatic heterocycles. The van der Waals surface area contributed by atoms with Gasteiger partial charge in [0.25, 0.3) is 0 Å². The molecule has 0 aliphatic carbocycles. The highest BCUT2D eigenvalue weighted by Gasteiger charge is 2.34. The topological polar surface area (TPSA) is 41.5 Å². The summed E-state index contributed by atoms with van der Waals surface area (Å²) in [4.78, 5) is 12.8. The molecule has 0 saturated carbocycles. The molecule has 1 N–H and O–H groups in total. The monoisotopic (exact) mass is 556 g/mol.